The average molecular weight is 139 g/mol. The number of piperidine rings is 1. The van der Waals surface area contributed by atoms with Gasteiger partial charge in [0, 0.05) is 6.54 Å². The van der Waals surface area contributed by atoms with Crippen LogP contribution in [0.4, 0.5) is 0 Å². The largest absolute Gasteiger partial charge is 0.306 e. The van der Waals surface area contributed by atoms with Gasteiger partial charge in [-0.15, -0.1) is 0 Å². The standard InChI is InChI=1S/C9H17N/c1-3-5-9-6-4-7-10(2)8-9/h3,5,9H,4,6-8H2,1-2H3/b5-3-. The van der Waals surface area contributed by atoms with Gasteiger partial charge in [-0.2, -0.15) is 0 Å². The fourth-order valence-corrected chi connectivity index (χ4v) is 1.64. The van der Waals surface area contributed by atoms with E-state index in [0.717, 1.165) is 5.92 Å². The van der Waals surface area contributed by atoms with Crippen molar-refractivity contribution in [1.29, 1.82) is 0 Å². The van der Waals surface area contributed by atoms with E-state index in [2.05, 4.69) is 31.0 Å². The Hall–Kier alpha value is -0.300. The highest BCUT2D eigenvalue weighted by Crippen LogP contribution is 2.15. The van der Waals surface area contributed by atoms with Gasteiger partial charge in [-0.3, -0.25) is 0 Å². The van der Waals surface area contributed by atoms with Crippen LogP contribution < -0.4 is 0 Å². The predicted molar refractivity (Wildman–Crippen MR) is 45.0 cm³/mol. The molecular weight excluding hydrogens is 122 g/mol. The van der Waals surface area contributed by atoms with Crippen LogP contribution in [0.2, 0.25) is 0 Å². The molecule has 1 aliphatic rings. The normalized spacial score (nSPS) is 29.6. The van der Waals surface area contributed by atoms with Crippen LogP contribution in [0.3, 0.4) is 0 Å². The quantitative estimate of drug-likeness (QED) is 0.501. The van der Waals surface area contributed by atoms with E-state index in [4.69, 9.17) is 0 Å². The minimum absolute atomic E-state index is 0.823. The van der Waals surface area contributed by atoms with Crippen molar-refractivity contribution in [3.8, 4) is 0 Å². The molecule has 0 aromatic carbocycles. The first-order valence-corrected chi connectivity index (χ1v) is 4.14. The summed E-state index contributed by atoms with van der Waals surface area (Å²) in [6, 6.07) is 0. The summed E-state index contributed by atoms with van der Waals surface area (Å²) in [4.78, 5) is 2.41. The zero-order valence-electron chi connectivity index (χ0n) is 7.01. The maximum Gasteiger partial charge on any atom is 0.00413 e. The Morgan fingerprint density at radius 3 is 2.90 bits per heavy atom. The van der Waals surface area contributed by atoms with Crippen molar-refractivity contribution < 1.29 is 0 Å². The minimum Gasteiger partial charge on any atom is -0.306 e. The average Bonchev–Trinajstić information content (AvgIpc) is 1.88. The first kappa shape index (κ1) is 7.80. The Kier molecular flexibility index (Phi) is 2.94. The molecule has 0 aromatic rings. The molecule has 1 rings (SSSR count). The van der Waals surface area contributed by atoms with E-state index in [9.17, 15) is 0 Å². The van der Waals surface area contributed by atoms with E-state index in [0.29, 0.717) is 0 Å². The maximum atomic E-state index is 2.41. The number of hydrogen-bond acceptors (Lipinski definition) is 1. The van der Waals surface area contributed by atoms with Crippen LogP contribution >= 0.6 is 0 Å². The van der Waals surface area contributed by atoms with Crippen molar-refractivity contribution in [2.75, 3.05) is 20.1 Å². The third-order valence-corrected chi connectivity index (χ3v) is 2.13. The van der Waals surface area contributed by atoms with Gasteiger partial charge < -0.3 is 4.90 Å². The summed E-state index contributed by atoms with van der Waals surface area (Å²) in [5.74, 6) is 0.823. The van der Waals surface area contributed by atoms with Crippen LogP contribution in [0.5, 0.6) is 0 Å². The molecule has 0 bridgehead atoms. The van der Waals surface area contributed by atoms with Crippen molar-refractivity contribution >= 4 is 0 Å². The van der Waals surface area contributed by atoms with E-state index >= 15 is 0 Å². The summed E-state index contributed by atoms with van der Waals surface area (Å²) in [6.45, 7) is 4.65. The van der Waals surface area contributed by atoms with E-state index in [1.165, 1.54) is 25.9 Å². The van der Waals surface area contributed by atoms with Gasteiger partial charge >= 0.3 is 0 Å². The lowest BCUT2D eigenvalue weighted by Crippen LogP contribution is -2.30. The second kappa shape index (κ2) is 3.77. The molecule has 1 nitrogen and oxygen atoms in total. The lowest BCUT2D eigenvalue weighted by atomic mass is 9.98. The number of hydrogen-bond donors (Lipinski definition) is 0. The number of nitrogens with zero attached hydrogens (tertiary/aromatic N) is 1. The summed E-state index contributed by atoms with van der Waals surface area (Å²) < 4.78 is 0. The van der Waals surface area contributed by atoms with Gasteiger partial charge in [-0.1, -0.05) is 12.2 Å². The summed E-state index contributed by atoms with van der Waals surface area (Å²) >= 11 is 0. The highest BCUT2D eigenvalue weighted by atomic mass is 15.1. The van der Waals surface area contributed by atoms with Gasteiger partial charge in [0.1, 0.15) is 0 Å². The van der Waals surface area contributed by atoms with Crippen molar-refractivity contribution in [2.45, 2.75) is 19.8 Å². The molecule has 0 N–H and O–H groups in total. The van der Waals surface area contributed by atoms with E-state index in [-0.39, 0.29) is 0 Å². The topological polar surface area (TPSA) is 3.24 Å². The molecule has 0 aromatic heterocycles. The van der Waals surface area contributed by atoms with Crippen LogP contribution in [0.15, 0.2) is 12.2 Å². The van der Waals surface area contributed by atoms with Gasteiger partial charge in [0.15, 0.2) is 0 Å². The van der Waals surface area contributed by atoms with E-state index in [1.54, 1.807) is 0 Å². The van der Waals surface area contributed by atoms with Gasteiger partial charge in [-0.25, -0.2) is 0 Å². The number of likely N-dealkylation sites (tertiary alicyclic amines) is 1. The molecule has 58 valence electrons. The maximum absolute atomic E-state index is 2.41. The molecule has 1 aliphatic heterocycles. The highest BCUT2D eigenvalue weighted by Gasteiger charge is 2.13. The molecule has 1 atom stereocenters. The van der Waals surface area contributed by atoms with Crippen molar-refractivity contribution in [1.82, 2.24) is 4.90 Å². The molecule has 1 heterocycles. The van der Waals surface area contributed by atoms with Gasteiger partial charge in [0.05, 0.1) is 0 Å². The Labute approximate surface area is 63.7 Å². The molecule has 0 spiro atoms. The third-order valence-electron chi connectivity index (χ3n) is 2.13. The summed E-state index contributed by atoms with van der Waals surface area (Å²) in [7, 11) is 2.20. The summed E-state index contributed by atoms with van der Waals surface area (Å²) in [5.41, 5.74) is 0. The van der Waals surface area contributed by atoms with Crippen molar-refractivity contribution in [2.24, 2.45) is 5.92 Å². The third kappa shape index (κ3) is 2.14. The van der Waals surface area contributed by atoms with Gasteiger partial charge in [0.2, 0.25) is 0 Å². The molecule has 0 saturated carbocycles. The number of rotatable bonds is 1. The van der Waals surface area contributed by atoms with E-state index < -0.39 is 0 Å². The lowest BCUT2D eigenvalue weighted by Gasteiger charge is -2.27. The summed E-state index contributed by atoms with van der Waals surface area (Å²) in [6.07, 6.45) is 7.25. The van der Waals surface area contributed by atoms with Crippen LogP contribution in [0.25, 0.3) is 0 Å². The zero-order chi connectivity index (χ0) is 7.40. The summed E-state index contributed by atoms with van der Waals surface area (Å²) in [5, 5.41) is 0. The highest BCUT2D eigenvalue weighted by molar-refractivity contribution is 4.89. The smallest absolute Gasteiger partial charge is 0.00413 e. The molecular formula is C9H17N. The molecule has 0 amide bonds. The monoisotopic (exact) mass is 139 g/mol. The van der Waals surface area contributed by atoms with Gasteiger partial charge in [0.25, 0.3) is 0 Å². The van der Waals surface area contributed by atoms with Crippen molar-refractivity contribution in [3.63, 3.8) is 0 Å². The molecule has 1 fully saturated rings. The second-order valence-electron chi connectivity index (χ2n) is 3.19. The van der Waals surface area contributed by atoms with E-state index in [1.807, 2.05) is 0 Å². The number of allylic oxidation sites excluding steroid dienone is 1. The predicted octanol–water partition coefficient (Wildman–Crippen LogP) is 1.90. The Bertz CT molecular complexity index is 118. The van der Waals surface area contributed by atoms with Gasteiger partial charge in [-0.05, 0) is 39.3 Å². The Morgan fingerprint density at radius 1 is 1.50 bits per heavy atom. The van der Waals surface area contributed by atoms with Crippen LogP contribution in [-0.2, 0) is 0 Å². The lowest BCUT2D eigenvalue weighted by molar-refractivity contribution is 0.237. The first-order chi connectivity index (χ1) is 4.83. The Morgan fingerprint density at radius 2 is 2.30 bits per heavy atom. The second-order valence-corrected chi connectivity index (χ2v) is 3.19. The minimum atomic E-state index is 0.823. The fourth-order valence-electron chi connectivity index (χ4n) is 1.64. The van der Waals surface area contributed by atoms with Crippen molar-refractivity contribution in [3.05, 3.63) is 12.2 Å². The molecule has 10 heavy (non-hydrogen) atoms. The first-order valence-electron chi connectivity index (χ1n) is 4.14. The molecule has 1 saturated heterocycles. The molecule has 0 radical (unpaired) electrons. The molecule has 0 aliphatic carbocycles. The van der Waals surface area contributed by atoms with Crippen LogP contribution in [0.1, 0.15) is 19.8 Å². The Balaban J connectivity index is 2.32. The molecule has 1 heteroatoms. The fraction of sp³-hybridized carbons (Fsp3) is 0.778. The SMILES string of the molecule is C/C=C\C1CCCN(C)C1. The van der Waals surface area contributed by atoms with Crippen LogP contribution in [0, 0.1) is 5.92 Å². The molecule has 1 unspecified atom stereocenters. The zero-order valence-corrected chi connectivity index (χ0v) is 7.01. The van der Waals surface area contributed by atoms with Crippen LogP contribution in [-0.4, -0.2) is 25.0 Å².